The van der Waals surface area contributed by atoms with Crippen LogP contribution in [-0.4, -0.2) is 56.7 Å². The van der Waals surface area contributed by atoms with E-state index in [1.165, 1.54) is 0 Å². The summed E-state index contributed by atoms with van der Waals surface area (Å²) < 4.78 is 0. The molecule has 0 bridgehead atoms. The maximum atomic E-state index is 12.2. The molecule has 1 aromatic carbocycles. The molecule has 0 spiro atoms. The van der Waals surface area contributed by atoms with E-state index in [2.05, 4.69) is 16.0 Å². The predicted molar refractivity (Wildman–Crippen MR) is 99.8 cm³/mol. The van der Waals surface area contributed by atoms with Crippen LogP contribution in [0.5, 0.6) is 0 Å². The van der Waals surface area contributed by atoms with E-state index in [1.807, 2.05) is 37.4 Å². The summed E-state index contributed by atoms with van der Waals surface area (Å²) in [5, 5.41) is 8.14. The van der Waals surface area contributed by atoms with Crippen LogP contribution in [-0.2, 0) is 14.4 Å². The molecule has 0 aliphatic rings. The first-order valence-electron chi connectivity index (χ1n) is 8.18. The highest BCUT2D eigenvalue weighted by molar-refractivity contribution is 7.98. The minimum absolute atomic E-state index is 0.112. The van der Waals surface area contributed by atoms with Crippen LogP contribution in [0.1, 0.15) is 13.8 Å². The number of hydrogen-bond acceptors (Lipinski definition) is 4. The number of nitrogens with one attached hydrogen (secondary N) is 4. The average molecular weight is 367 g/mol. The second-order valence-electron chi connectivity index (χ2n) is 5.74. The van der Waals surface area contributed by atoms with E-state index in [4.69, 9.17) is 0 Å². The molecule has 1 rings (SSSR count). The van der Waals surface area contributed by atoms with Crippen molar-refractivity contribution in [3.8, 4) is 0 Å². The number of amides is 3. The molecule has 0 saturated heterocycles. The minimum atomic E-state index is -0.595. The van der Waals surface area contributed by atoms with E-state index in [0.29, 0.717) is 6.54 Å². The quantitative estimate of drug-likeness (QED) is 0.443. The van der Waals surface area contributed by atoms with Crippen molar-refractivity contribution in [2.45, 2.75) is 24.8 Å². The third-order valence-electron chi connectivity index (χ3n) is 3.43. The molecular weight excluding hydrogens is 340 g/mol. The molecule has 25 heavy (non-hydrogen) atoms. The molecule has 8 heteroatoms. The van der Waals surface area contributed by atoms with Crippen molar-refractivity contribution in [1.82, 2.24) is 10.6 Å². The second kappa shape index (κ2) is 10.7. The SMILES string of the molecule is CCNC(=O)[C@H](C)NC(=O)C[NH+](C)CC(=O)Nc1ccccc1SC. The number of anilines is 1. The van der Waals surface area contributed by atoms with Crippen LogP contribution in [0.25, 0.3) is 0 Å². The molecule has 0 aliphatic carbocycles. The van der Waals surface area contributed by atoms with Crippen molar-refractivity contribution >= 4 is 35.2 Å². The lowest BCUT2D eigenvalue weighted by atomic mass is 10.3. The molecule has 0 saturated carbocycles. The van der Waals surface area contributed by atoms with Crippen LogP contribution in [0.4, 0.5) is 5.69 Å². The van der Waals surface area contributed by atoms with Gasteiger partial charge < -0.3 is 20.9 Å². The van der Waals surface area contributed by atoms with Crippen molar-refractivity contribution in [2.24, 2.45) is 0 Å². The van der Waals surface area contributed by atoms with Gasteiger partial charge in [-0.3, -0.25) is 14.4 Å². The average Bonchev–Trinajstić information content (AvgIpc) is 2.54. The molecule has 4 N–H and O–H groups in total. The largest absolute Gasteiger partial charge is 0.355 e. The molecule has 0 aliphatic heterocycles. The van der Waals surface area contributed by atoms with Crippen LogP contribution in [0, 0.1) is 0 Å². The van der Waals surface area contributed by atoms with Gasteiger partial charge in [-0.05, 0) is 32.2 Å². The monoisotopic (exact) mass is 367 g/mol. The maximum absolute atomic E-state index is 12.2. The number of likely N-dealkylation sites (N-methyl/N-ethyl adjacent to an activating group) is 2. The Morgan fingerprint density at radius 3 is 2.44 bits per heavy atom. The van der Waals surface area contributed by atoms with Crippen LogP contribution in [0.3, 0.4) is 0 Å². The Hall–Kier alpha value is -2.06. The molecule has 0 radical (unpaired) electrons. The van der Waals surface area contributed by atoms with Gasteiger partial charge in [0, 0.05) is 11.4 Å². The van der Waals surface area contributed by atoms with Gasteiger partial charge >= 0.3 is 0 Å². The number of thioether (sulfide) groups is 1. The number of quaternary nitrogens is 1. The highest BCUT2D eigenvalue weighted by Crippen LogP contribution is 2.24. The number of carbonyl (C=O) groups is 3. The zero-order chi connectivity index (χ0) is 18.8. The third kappa shape index (κ3) is 7.57. The summed E-state index contributed by atoms with van der Waals surface area (Å²) in [7, 11) is 1.76. The molecule has 3 amide bonds. The Balaban J connectivity index is 2.45. The topological polar surface area (TPSA) is 91.7 Å². The van der Waals surface area contributed by atoms with Gasteiger partial charge in [0.2, 0.25) is 5.91 Å². The molecule has 0 fully saturated rings. The normalized spacial score (nSPS) is 12.8. The highest BCUT2D eigenvalue weighted by atomic mass is 32.2. The Labute approximate surface area is 152 Å². The number of hydrogen-bond donors (Lipinski definition) is 4. The van der Waals surface area contributed by atoms with Crippen molar-refractivity contribution in [2.75, 3.05) is 38.3 Å². The van der Waals surface area contributed by atoms with Gasteiger partial charge in [-0.1, -0.05) is 12.1 Å². The molecule has 138 valence electrons. The zero-order valence-electron chi connectivity index (χ0n) is 15.1. The second-order valence-corrected chi connectivity index (χ2v) is 6.59. The van der Waals surface area contributed by atoms with Crippen LogP contribution >= 0.6 is 11.8 Å². The number of para-hydroxylation sites is 1. The van der Waals surface area contributed by atoms with Crippen LogP contribution < -0.4 is 20.9 Å². The molecule has 2 atom stereocenters. The Kier molecular flexibility index (Phi) is 9.01. The summed E-state index contributed by atoms with van der Waals surface area (Å²) in [6, 6.07) is 6.97. The van der Waals surface area contributed by atoms with Crippen molar-refractivity contribution in [1.29, 1.82) is 0 Å². The summed E-state index contributed by atoms with van der Waals surface area (Å²) in [5.41, 5.74) is 0.766. The van der Waals surface area contributed by atoms with E-state index in [1.54, 1.807) is 25.7 Å². The standard InChI is InChI=1S/C17H26N4O3S/c1-5-18-17(24)12(2)19-15(22)10-21(3)11-16(23)20-13-8-6-7-9-14(13)25-4/h6-9,12H,5,10-11H2,1-4H3,(H,18,24)(H,19,22)(H,20,23)/p+1/t12-/m0/s1. The lowest BCUT2D eigenvalue weighted by Crippen LogP contribution is -3.11. The van der Waals surface area contributed by atoms with Gasteiger partial charge in [0.15, 0.2) is 13.1 Å². The summed E-state index contributed by atoms with van der Waals surface area (Å²) >= 11 is 1.56. The Bertz CT molecular complexity index is 609. The molecule has 1 aromatic rings. The van der Waals surface area contributed by atoms with E-state index in [0.717, 1.165) is 15.5 Å². The number of carbonyl (C=O) groups excluding carboxylic acids is 3. The minimum Gasteiger partial charge on any atom is -0.355 e. The Morgan fingerprint density at radius 1 is 1.16 bits per heavy atom. The first kappa shape index (κ1) is 21.0. The summed E-state index contributed by atoms with van der Waals surface area (Å²) in [4.78, 5) is 37.4. The highest BCUT2D eigenvalue weighted by Gasteiger charge is 2.19. The van der Waals surface area contributed by atoms with Gasteiger partial charge in [0.25, 0.3) is 11.8 Å². The van der Waals surface area contributed by atoms with Gasteiger partial charge in [-0.25, -0.2) is 0 Å². The number of benzene rings is 1. The lowest BCUT2D eigenvalue weighted by Gasteiger charge is -2.17. The van der Waals surface area contributed by atoms with Gasteiger partial charge in [0.05, 0.1) is 12.7 Å². The summed E-state index contributed by atoms with van der Waals surface area (Å²) in [6.45, 7) is 4.23. The van der Waals surface area contributed by atoms with Crippen molar-refractivity contribution in [3.05, 3.63) is 24.3 Å². The number of rotatable bonds is 9. The first-order chi connectivity index (χ1) is 11.9. The lowest BCUT2D eigenvalue weighted by molar-refractivity contribution is -0.862. The summed E-state index contributed by atoms with van der Waals surface area (Å²) in [6.07, 6.45) is 1.95. The van der Waals surface area contributed by atoms with E-state index < -0.39 is 6.04 Å². The summed E-state index contributed by atoms with van der Waals surface area (Å²) in [5.74, 6) is -0.655. The zero-order valence-corrected chi connectivity index (χ0v) is 16.0. The van der Waals surface area contributed by atoms with Crippen LogP contribution in [0.2, 0.25) is 0 Å². The van der Waals surface area contributed by atoms with Gasteiger partial charge in [-0.2, -0.15) is 0 Å². The van der Waals surface area contributed by atoms with E-state index in [9.17, 15) is 14.4 Å². The molecule has 0 aromatic heterocycles. The fraction of sp³-hybridized carbons (Fsp3) is 0.471. The van der Waals surface area contributed by atoms with E-state index >= 15 is 0 Å². The molecular formula is C17H27N4O3S+. The predicted octanol–water partition coefficient (Wildman–Crippen LogP) is -0.497. The van der Waals surface area contributed by atoms with Gasteiger partial charge in [0.1, 0.15) is 6.04 Å². The fourth-order valence-electron chi connectivity index (χ4n) is 2.24. The Morgan fingerprint density at radius 2 is 1.80 bits per heavy atom. The van der Waals surface area contributed by atoms with Crippen LogP contribution in [0.15, 0.2) is 29.2 Å². The third-order valence-corrected chi connectivity index (χ3v) is 4.22. The van der Waals surface area contributed by atoms with Crippen molar-refractivity contribution in [3.63, 3.8) is 0 Å². The first-order valence-corrected chi connectivity index (χ1v) is 9.41. The van der Waals surface area contributed by atoms with Crippen molar-refractivity contribution < 1.29 is 19.3 Å². The fourth-order valence-corrected chi connectivity index (χ4v) is 2.79. The van der Waals surface area contributed by atoms with Gasteiger partial charge in [-0.15, -0.1) is 11.8 Å². The van der Waals surface area contributed by atoms with E-state index in [-0.39, 0.29) is 30.8 Å². The smallest absolute Gasteiger partial charge is 0.279 e. The molecule has 1 unspecified atom stereocenters. The molecule has 0 heterocycles. The molecule has 7 nitrogen and oxygen atoms in total. The maximum Gasteiger partial charge on any atom is 0.279 e.